The highest BCUT2D eigenvalue weighted by molar-refractivity contribution is 5.74. The molecule has 0 bridgehead atoms. The highest BCUT2D eigenvalue weighted by atomic mass is 16.5. The maximum absolute atomic E-state index is 11.9. The van der Waals surface area contributed by atoms with E-state index in [-0.39, 0.29) is 17.8 Å². The molecule has 4 nitrogen and oxygen atoms in total. The van der Waals surface area contributed by atoms with E-state index in [1.54, 1.807) is 13.3 Å². The van der Waals surface area contributed by atoms with Gasteiger partial charge in [-0.2, -0.15) is 0 Å². The second kappa shape index (κ2) is 5.85. The van der Waals surface area contributed by atoms with E-state index in [2.05, 4.69) is 4.98 Å². The van der Waals surface area contributed by atoms with Gasteiger partial charge in [0.2, 0.25) is 5.88 Å². The van der Waals surface area contributed by atoms with Gasteiger partial charge < -0.3 is 9.47 Å². The number of carbonyl (C=O) groups is 1. The van der Waals surface area contributed by atoms with Crippen LogP contribution >= 0.6 is 0 Å². The molecule has 0 amide bonds. The summed E-state index contributed by atoms with van der Waals surface area (Å²) in [6.45, 7) is 2.28. The van der Waals surface area contributed by atoms with Crippen LogP contribution in [0.5, 0.6) is 5.88 Å². The molecular formula is C14H19NO3. The van der Waals surface area contributed by atoms with Gasteiger partial charge in [0.15, 0.2) is 0 Å². The monoisotopic (exact) mass is 249 g/mol. The molecule has 1 aliphatic carbocycles. The molecule has 1 heterocycles. The lowest BCUT2D eigenvalue weighted by Crippen LogP contribution is -2.21. The minimum Gasteiger partial charge on any atom is -0.481 e. The van der Waals surface area contributed by atoms with Crippen LogP contribution in [0.25, 0.3) is 0 Å². The fraction of sp³-hybridized carbons (Fsp3) is 0.571. The van der Waals surface area contributed by atoms with Crippen LogP contribution in [0.1, 0.15) is 37.7 Å². The summed E-state index contributed by atoms with van der Waals surface area (Å²) >= 11 is 0. The minimum absolute atomic E-state index is 0.0527. The number of esters is 1. The molecule has 1 saturated carbocycles. The van der Waals surface area contributed by atoms with Crippen LogP contribution in [-0.4, -0.2) is 24.7 Å². The second-order valence-electron chi connectivity index (χ2n) is 4.50. The number of hydrogen-bond donors (Lipinski definition) is 0. The molecule has 98 valence electrons. The molecule has 2 rings (SSSR count). The van der Waals surface area contributed by atoms with E-state index in [4.69, 9.17) is 9.47 Å². The smallest absolute Gasteiger partial charge is 0.309 e. The van der Waals surface area contributed by atoms with E-state index < -0.39 is 0 Å². The molecule has 1 fully saturated rings. The van der Waals surface area contributed by atoms with Gasteiger partial charge in [-0.05, 0) is 25.8 Å². The first-order chi connectivity index (χ1) is 8.77. The molecule has 1 aromatic rings. The van der Waals surface area contributed by atoms with Crippen molar-refractivity contribution in [1.29, 1.82) is 0 Å². The first kappa shape index (κ1) is 12.9. The molecule has 18 heavy (non-hydrogen) atoms. The summed E-state index contributed by atoms with van der Waals surface area (Å²) in [5.41, 5.74) is 1.02. The predicted molar refractivity (Wildman–Crippen MR) is 67.5 cm³/mol. The van der Waals surface area contributed by atoms with Gasteiger partial charge in [0.25, 0.3) is 0 Å². The van der Waals surface area contributed by atoms with E-state index in [1.165, 1.54) is 0 Å². The van der Waals surface area contributed by atoms with Crippen molar-refractivity contribution >= 4 is 5.97 Å². The van der Waals surface area contributed by atoms with Crippen molar-refractivity contribution in [2.45, 2.75) is 32.1 Å². The van der Waals surface area contributed by atoms with Gasteiger partial charge in [-0.1, -0.05) is 12.5 Å². The van der Waals surface area contributed by atoms with Gasteiger partial charge in [0.05, 0.1) is 19.6 Å². The second-order valence-corrected chi connectivity index (χ2v) is 4.50. The lowest BCUT2D eigenvalue weighted by Gasteiger charge is -2.19. The Labute approximate surface area is 107 Å². The maximum atomic E-state index is 11.9. The van der Waals surface area contributed by atoms with Crippen LogP contribution < -0.4 is 4.74 Å². The first-order valence-electron chi connectivity index (χ1n) is 6.43. The topological polar surface area (TPSA) is 48.4 Å². The zero-order valence-corrected chi connectivity index (χ0v) is 10.9. The Morgan fingerprint density at radius 2 is 2.33 bits per heavy atom. The van der Waals surface area contributed by atoms with E-state index >= 15 is 0 Å². The Balaban J connectivity index is 2.23. The number of methoxy groups -OCH3 is 1. The summed E-state index contributed by atoms with van der Waals surface area (Å²) in [5.74, 6) is 0.653. The van der Waals surface area contributed by atoms with Crippen molar-refractivity contribution in [2.75, 3.05) is 13.7 Å². The maximum Gasteiger partial charge on any atom is 0.309 e. The van der Waals surface area contributed by atoms with Crippen LogP contribution in [0.15, 0.2) is 18.3 Å². The van der Waals surface area contributed by atoms with E-state index in [9.17, 15) is 4.79 Å². The van der Waals surface area contributed by atoms with Crippen molar-refractivity contribution < 1.29 is 14.3 Å². The van der Waals surface area contributed by atoms with Crippen molar-refractivity contribution in [3.05, 3.63) is 23.9 Å². The highest BCUT2D eigenvalue weighted by Gasteiger charge is 2.36. The molecule has 0 aliphatic heterocycles. The molecule has 0 aromatic carbocycles. The molecule has 0 saturated heterocycles. The first-order valence-corrected chi connectivity index (χ1v) is 6.43. The summed E-state index contributed by atoms with van der Waals surface area (Å²) in [6.07, 6.45) is 4.63. The van der Waals surface area contributed by atoms with Gasteiger partial charge in [-0.25, -0.2) is 4.98 Å². The van der Waals surface area contributed by atoms with Gasteiger partial charge in [-0.3, -0.25) is 4.79 Å². The average Bonchev–Trinajstić information content (AvgIpc) is 2.88. The molecule has 0 spiro atoms. The fourth-order valence-electron chi connectivity index (χ4n) is 2.72. The van der Waals surface area contributed by atoms with Crippen LogP contribution in [0.4, 0.5) is 0 Å². The van der Waals surface area contributed by atoms with Gasteiger partial charge >= 0.3 is 5.97 Å². The Kier molecular flexibility index (Phi) is 4.18. The van der Waals surface area contributed by atoms with Crippen LogP contribution in [0.2, 0.25) is 0 Å². The molecule has 0 N–H and O–H groups in total. The number of aromatic nitrogens is 1. The van der Waals surface area contributed by atoms with Crippen LogP contribution in [-0.2, 0) is 9.53 Å². The molecule has 2 unspecified atom stereocenters. The number of rotatable bonds is 4. The summed E-state index contributed by atoms with van der Waals surface area (Å²) < 4.78 is 10.4. The Bertz CT molecular complexity index is 419. The SMILES string of the molecule is CCOC(=O)C1CCCC1c1cccnc1OC. The van der Waals surface area contributed by atoms with E-state index in [0.29, 0.717) is 12.5 Å². The van der Waals surface area contributed by atoms with Gasteiger partial charge in [0.1, 0.15) is 0 Å². The number of hydrogen-bond acceptors (Lipinski definition) is 4. The predicted octanol–water partition coefficient (Wildman–Crippen LogP) is 2.54. The zero-order chi connectivity index (χ0) is 13.0. The molecule has 0 radical (unpaired) electrons. The molecule has 1 aliphatic rings. The van der Waals surface area contributed by atoms with Crippen LogP contribution in [0, 0.1) is 5.92 Å². The lowest BCUT2D eigenvalue weighted by atomic mass is 9.89. The summed E-state index contributed by atoms with van der Waals surface area (Å²) in [6, 6.07) is 3.88. The summed E-state index contributed by atoms with van der Waals surface area (Å²) in [7, 11) is 1.61. The zero-order valence-electron chi connectivity index (χ0n) is 10.9. The average molecular weight is 249 g/mol. The highest BCUT2D eigenvalue weighted by Crippen LogP contribution is 2.42. The Morgan fingerprint density at radius 1 is 1.50 bits per heavy atom. The quantitative estimate of drug-likeness (QED) is 0.769. The molecule has 2 atom stereocenters. The van der Waals surface area contributed by atoms with E-state index in [0.717, 1.165) is 24.8 Å². The largest absolute Gasteiger partial charge is 0.481 e. The minimum atomic E-state index is -0.0918. The third-order valence-electron chi connectivity index (χ3n) is 3.50. The number of nitrogens with zero attached hydrogens (tertiary/aromatic N) is 1. The molecule has 4 heteroatoms. The van der Waals surface area contributed by atoms with Crippen molar-refractivity contribution in [2.24, 2.45) is 5.92 Å². The van der Waals surface area contributed by atoms with Gasteiger partial charge in [0, 0.05) is 17.7 Å². The number of ether oxygens (including phenoxy) is 2. The third kappa shape index (κ3) is 2.47. The summed E-state index contributed by atoms with van der Waals surface area (Å²) in [5, 5.41) is 0. The fourth-order valence-corrected chi connectivity index (χ4v) is 2.72. The normalized spacial score (nSPS) is 22.8. The third-order valence-corrected chi connectivity index (χ3v) is 3.50. The standard InChI is InChI=1S/C14H19NO3/c1-3-18-14(16)12-7-4-6-10(12)11-8-5-9-15-13(11)17-2/h5,8-10,12H,3-4,6-7H2,1-2H3. The van der Waals surface area contributed by atoms with Crippen molar-refractivity contribution in [1.82, 2.24) is 4.98 Å². The number of pyridine rings is 1. The van der Waals surface area contributed by atoms with Gasteiger partial charge in [-0.15, -0.1) is 0 Å². The Hall–Kier alpha value is -1.58. The number of carbonyl (C=O) groups excluding carboxylic acids is 1. The van der Waals surface area contributed by atoms with Crippen LogP contribution in [0.3, 0.4) is 0 Å². The lowest BCUT2D eigenvalue weighted by molar-refractivity contribution is -0.148. The van der Waals surface area contributed by atoms with Crippen molar-refractivity contribution in [3.63, 3.8) is 0 Å². The van der Waals surface area contributed by atoms with E-state index in [1.807, 2.05) is 19.1 Å². The Morgan fingerprint density at radius 3 is 3.06 bits per heavy atom. The van der Waals surface area contributed by atoms with Crippen molar-refractivity contribution in [3.8, 4) is 5.88 Å². The molecule has 1 aromatic heterocycles. The molecular weight excluding hydrogens is 230 g/mol. The summed E-state index contributed by atoms with van der Waals surface area (Å²) in [4.78, 5) is 16.2.